The highest BCUT2D eigenvalue weighted by molar-refractivity contribution is 5.81. The molecule has 0 unspecified atom stereocenters. The fraction of sp³-hybridized carbons (Fsp3) is 0.444. The Labute approximate surface area is 138 Å². The normalized spacial score (nSPS) is 9.17. The van der Waals surface area contributed by atoms with Gasteiger partial charge < -0.3 is 14.8 Å². The smallest absolute Gasteiger partial charge is 0.330 e. The first kappa shape index (κ1) is 20.7. The van der Waals surface area contributed by atoms with Gasteiger partial charge in [-0.1, -0.05) is 25.6 Å². The number of esters is 2. The van der Waals surface area contributed by atoms with Crippen molar-refractivity contribution in [2.45, 2.75) is 33.6 Å². The molecular weight excluding hydrogens is 294 g/mol. The summed E-state index contributed by atoms with van der Waals surface area (Å²) in [6.07, 6.45) is 2.59. The van der Waals surface area contributed by atoms with Crippen molar-refractivity contribution < 1.29 is 19.1 Å². The van der Waals surface area contributed by atoms with Crippen LogP contribution in [0.3, 0.4) is 0 Å². The van der Waals surface area contributed by atoms with Gasteiger partial charge in [-0.25, -0.2) is 4.79 Å². The van der Waals surface area contributed by atoms with Crippen LogP contribution in [0, 0.1) is 0 Å². The molecule has 128 valence electrons. The van der Waals surface area contributed by atoms with E-state index in [1.807, 2.05) is 19.1 Å². The van der Waals surface area contributed by atoms with Crippen molar-refractivity contribution in [2.24, 2.45) is 0 Å². The molecular formula is C18H27NO4. The van der Waals surface area contributed by atoms with Crippen LogP contribution in [-0.2, 0) is 25.5 Å². The summed E-state index contributed by atoms with van der Waals surface area (Å²) < 4.78 is 9.27. The number of carbonyl (C=O) groups is 2. The molecule has 0 spiro atoms. The number of anilines is 1. The predicted molar refractivity (Wildman–Crippen MR) is 92.4 cm³/mol. The SMILES string of the molecule is C=CC(=O)OCC.CCOC(=O)CCNc1ccc(CC)cc1. The van der Waals surface area contributed by atoms with E-state index in [0.29, 0.717) is 26.2 Å². The molecule has 0 aliphatic heterocycles. The second-order valence-corrected chi connectivity index (χ2v) is 4.49. The Kier molecular flexibility index (Phi) is 12.0. The molecule has 0 aromatic heterocycles. The summed E-state index contributed by atoms with van der Waals surface area (Å²) in [5, 5.41) is 3.18. The maximum Gasteiger partial charge on any atom is 0.330 e. The van der Waals surface area contributed by atoms with E-state index in [-0.39, 0.29) is 11.9 Å². The molecule has 1 aromatic rings. The van der Waals surface area contributed by atoms with Gasteiger partial charge in [0.1, 0.15) is 0 Å². The second-order valence-electron chi connectivity index (χ2n) is 4.49. The van der Waals surface area contributed by atoms with Crippen LogP contribution in [0.25, 0.3) is 0 Å². The highest BCUT2D eigenvalue weighted by Crippen LogP contribution is 2.09. The van der Waals surface area contributed by atoms with Gasteiger partial charge in [-0.2, -0.15) is 0 Å². The van der Waals surface area contributed by atoms with Crippen molar-refractivity contribution in [3.63, 3.8) is 0 Å². The van der Waals surface area contributed by atoms with Crippen LogP contribution < -0.4 is 5.32 Å². The van der Waals surface area contributed by atoms with Gasteiger partial charge in [0.15, 0.2) is 0 Å². The lowest BCUT2D eigenvalue weighted by Crippen LogP contribution is -2.11. The number of hydrogen-bond acceptors (Lipinski definition) is 5. The van der Waals surface area contributed by atoms with E-state index in [1.165, 1.54) is 5.56 Å². The van der Waals surface area contributed by atoms with Crippen molar-refractivity contribution in [3.05, 3.63) is 42.5 Å². The molecule has 0 bridgehead atoms. The van der Waals surface area contributed by atoms with Gasteiger partial charge in [-0.3, -0.25) is 4.79 Å². The van der Waals surface area contributed by atoms with Crippen LogP contribution in [0.15, 0.2) is 36.9 Å². The summed E-state index contributed by atoms with van der Waals surface area (Å²) in [5.41, 5.74) is 2.36. The third-order valence-electron chi connectivity index (χ3n) is 2.78. The van der Waals surface area contributed by atoms with Crippen molar-refractivity contribution in [3.8, 4) is 0 Å². The third-order valence-corrected chi connectivity index (χ3v) is 2.78. The molecule has 0 saturated carbocycles. The molecule has 0 aliphatic carbocycles. The molecule has 0 saturated heterocycles. The predicted octanol–water partition coefficient (Wildman–Crippen LogP) is 3.35. The number of benzene rings is 1. The summed E-state index contributed by atoms with van der Waals surface area (Å²) in [4.78, 5) is 21.1. The summed E-state index contributed by atoms with van der Waals surface area (Å²) in [6, 6.07) is 8.24. The lowest BCUT2D eigenvalue weighted by atomic mass is 10.1. The maximum atomic E-state index is 11.1. The van der Waals surface area contributed by atoms with Gasteiger partial charge in [-0.15, -0.1) is 0 Å². The Hall–Kier alpha value is -2.30. The second kappa shape index (κ2) is 13.4. The number of ether oxygens (including phenoxy) is 2. The van der Waals surface area contributed by atoms with E-state index >= 15 is 0 Å². The average molecular weight is 321 g/mol. The minimum atomic E-state index is -0.359. The Morgan fingerprint density at radius 3 is 2.13 bits per heavy atom. The molecule has 1 aromatic carbocycles. The highest BCUT2D eigenvalue weighted by atomic mass is 16.5. The average Bonchev–Trinajstić information content (AvgIpc) is 2.56. The highest BCUT2D eigenvalue weighted by Gasteiger charge is 2.00. The van der Waals surface area contributed by atoms with Gasteiger partial charge in [0, 0.05) is 18.3 Å². The van der Waals surface area contributed by atoms with Crippen molar-refractivity contribution in [1.29, 1.82) is 0 Å². The largest absolute Gasteiger partial charge is 0.466 e. The molecule has 5 nitrogen and oxygen atoms in total. The number of carbonyl (C=O) groups excluding carboxylic acids is 2. The first-order valence-electron chi connectivity index (χ1n) is 7.84. The first-order chi connectivity index (χ1) is 11.1. The molecule has 0 aliphatic rings. The van der Waals surface area contributed by atoms with Crippen molar-refractivity contribution >= 4 is 17.6 Å². The van der Waals surface area contributed by atoms with Crippen LogP contribution in [-0.4, -0.2) is 31.7 Å². The molecule has 0 fully saturated rings. The minimum absolute atomic E-state index is 0.153. The summed E-state index contributed by atoms with van der Waals surface area (Å²) >= 11 is 0. The standard InChI is InChI=1S/C13H19NO2.C5H8O2/c1-3-11-5-7-12(8-6-11)14-10-9-13(15)16-4-2;1-3-5(6)7-4-2/h5-8,14H,3-4,9-10H2,1-2H3;3H,1,4H2,2H3. The zero-order chi connectivity index (χ0) is 17.5. The monoisotopic (exact) mass is 321 g/mol. The minimum Gasteiger partial charge on any atom is -0.466 e. The zero-order valence-corrected chi connectivity index (χ0v) is 14.3. The number of hydrogen-bond donors (Lipinski definition) is 1. The molecule has 0 amide bonds. The fourth-order valence-electron chi connectivity index (χ4n) is 1.60. The van der Waals surface area contributed by atoms with E-state index in [9.17, 15) is 9.59 Å². The van der Waals surface area contributed by atoms with Crippen LogP contribution in [0.2, 0.25) is 0 Å². The molecule has 5 heteroatoms. The summed E-state index contributed by atoms with van der Waals surface area (Å²) in [7, 11) is 0. The van der Waals surface area contributed by atoms with E-state index in [2.05, 4.69) is 35.7 Å². The van der Waals surface area contributed by atoms with Crippen LogP contribution in [0.4, 0.5) is 5.69 Å². The maximum absolute atomic E-state index is 11.1. The Bertz CT molecular complexity index is 468. The van der Waals surface area contributed by atoms with Gasteiger partial charge in [0.05, 0.1) is 19.6 Å². The Morgan fingerprint density at radius 2 is 1.70 bits per heavy atom. The van der Waals surface area contributed by atoms with Gasteiger partial charge in [-0.05, 0) is 38.0 Å². The topological polar surface area (TPSA) is 64.6 Å². The Balaban J connectivity index is 0.000000585. The lowest BCUT2D eigenvalue weighted by molar-refractivity contribution is -0.142. The number of aryl methyl sites for hydroxylation is 1. The fourth-order valence-corrected chi connectivity index (χ4v) is 1.60. The molecule has 0 atom stereocenters. The molecule has 0 heterocycles. The molecule has 23 heavy (non-hydrogen) atoms. The third kappa shape index (κ3) is 11.0. The van der Waals surface area contributed by atoms with Gasteiger partial charge in [0.25, 0.3) is 0 Å². The zero-order valence-electron chi connectivity index (χ0n) is 14.3. The van der Waals surface area contributed by atoms with E-state index in [0.717, 1.165) is 18.2 Å². The summed E-state index contributed by atoms with van der Waals surface area (Å²) in [5.74, 6) is -0.511. The van der Waals surface area contributed by atoms with Gasteiger partial charge in [0.2, 0.25) is 0 Å². The quantitative estimate of drug-likeness (QED) is 0.587. The van der Waals surface area contributed by atoms with Gasteiger partial charge >= 0.3 is 11.9 Å². The molecule has 1 rings (SSSR count). The number of nitrogens with one attached hydrogen (secondary N) is 1. The first-order valence-corrected chi connectivity index (χ1v) is 7.84. The summed E-state index contributed by atoms with van der Waals surface area (Å²) in [6.45, 7) is 10.4. The number of rotatable bonds is 8. The Morgan fingerprint density at radius 1 is 1.09 bits per heavy atom. The van der Waals surface area contributed by atoms with E-state index < -0.39 is 0 Å². The lowest BCUT2D eigenvalue weighted by Gasteiger charge is -2.06. The molecule has 1 N–H and O–H groups in total. The van der Waals surface area contributed by atoms with Crippen molar-refractivity contribution in [2.75, 3.05) is 25.1 Å². The van der Waals surface area contributed by atoms with Crippen LogP contribution >= 0.6 is 0 Å². The van der Waals surface area contributed by atoms with E-state index in [1.54, 1.807) is 6.92 Å². The molecule has 0 radical (unpaired) electrons. The van der Waals surface area contributed by atoms with Crippen molar-refractivity contribution in [1.82, 2.24) is 0 Å². The van der Waals surface area contributed by atoms with Crippen LogP contribution in [0.5, 0.6) is 0 Å². The van der Waals surface area contributed by atoms with Crippen LogP contribution in [0.1, 0.15) is 32.8 Å². The van der Waals surface area contributed by atoms with E-state index in [4.69, 9.17) is 4.74 Å².